The van der Waals surface area contributed by atoms with E-state index in [0.717, 1.165) is 10.4 Å². The van der Waals surface area contributed by atoms with Crippen LogP contribution in [0.5, 0.6) is 5.75 Å². The van der Waals surface area contributed by atoms with Crippen LogP contribution < -0.4 is 15.6 Å². The van der Waals surface area contributed by atoms with Crippen LogP contribution in [0.3, 0.4) is 0 Å². The molecule has 13 heteroatoms. The van der Waals surface area contributed by atoms with E-state index < -0.39 is 44.8 Å². The standard InChI is InChI=1S/C17H17ClF3N3O5S/c1-23(2)30(27,28)11-4-5-14(29-3)13(7-11)22-15(25)9-24-8-10(17(19,20)21)6-12(18)16(24)26/h4-8H,9H2,1-3H3,(H,22,25). The van der Waals surface area contributed by atoms with Crippen molar-refractivity contribution in [1.29, 1.82) is 0 Å². The van der Waals surface area contributed by atoms with Crippen molar-refractivity contribution in [2.75, 3.05) is 26.5 Å². The van der Waals surface area contributed by atoms with Crippen LogP contribution in [0.1, 0.15) is 5.56 Å². The van der Waals surface area contributed by atoms with E-state index in [-0.39, 0.29) is 16.3 Å². The number of nitrogens with one attached hydrogen (secondary N) is 1. The normalized spacial score (nSPS) is 12.1. The molecule has 0 radical (unpaired) electrons. The lowest BCUT2D eigenvalue weighted by atomic mass is 10.2. The van der Waals surface area contributed by atoms with E-state index in [2.05, 4.69) is 5.32 Å². The summed E-state index contributed by atoms with van der Waals surface area (Å²) in [4.78, 5) is 24.2. The maximum absolute atomic E-state index is 12.9. The predicted octanol–water partition coefficient (Wildman–Crippen LogP) is 2.42. The maximum atomic E-state index is 12.9. The van der Waals surface area contributed by atoms with Crippen LogP contribution in [0.25, 0.3) is 0 Å². The minimum absolute atomic E-state index is 0.0449. The smallest absolute Gasteiger partial charge is 0.417 e. The van der Waals surface area contributed by atoms with E-state index in [4.69, 9.17) is 16.3 Å². The van der Waals surface area contributed by atoms with Crippen molar-refractivity contribution in [2.45, 2.75) is 17.6 Å². The Morgan fingerprint density at radius 2 is 1.90 bits per heavy atom. The minimum atomic E-state index is -4.77. The molecule has 0 bridgehead atoms. The van der Waals surface area contributed by atoms with Crippen molar-refractivity contribution in [3.8, 4) is 5.75 Å². The van der Waals surface area contributed by atoms with E-state index in [9.17, 15) is 31.2 Å². The zero-order chi connectivity index (χ0) is 22.9. The molecule has 0 aliphatic carbocycles. The lowest BCUT2D eigenvalue weighted by Gasteiger charge is -2.16. The topological polar surface area (TPSA) is 97.7 Å². The fourth-order valence-electron chi connectivity index (χ4n) is 2.37. The molecular formula is C17H17ClF3N3O5S. The van der Waals surface area contributed by atoms with Gasteiger partial charge < -0.3 is 14.6 Å². The summed E-state index contributed by atoms with van der Waals surface area (Å²) in [5.74, 6) is -0.791. The largest absolute Gasteiger partial charge is 0.495 e. The van der Waals surface area contributed by atoms with Crippen LogP contribution >= 0.6 is 11.6 Å². The second-order valence-electron chi connectivity index (χ2n) is 6.21. The van der Waals surface area contributed by atoms with E-state index in [0.29, 0.717) is 16.8 Å². The van der Waals surface area contributed by atoms with Crippen LogP contribution in [0.15, 0.2) is 40.2 Å². The van der Waals surface area contributed by atoms with Crippen molar-refractivity contribution in [1.82, 2.24) is 8.87 Å². The van der Waals surface area contributed by atoms with Gasteiger partial charge in [-0.15, -0.1) is 0 Å². The van der Waals surface area contributed by atoms with Crippen LogP contribution in [0.4, 0.5) is 18.9 Å². The molecule has 1 heterocycles. The van der Waals surface area contributed by atoms with Gasteiger partial charge in [-0.1, -0.05) is 11.6 Å². The van der Waals surface area contributed by atoms with Gasteiger partial charge in [-0.05, 0) is 24.3 Å². The Hall–Kier alpha value is -2.57. The highest BCUT2D eigenvalue weighted by Gasteiger charge is 2.32. The number of benzene rings is 1. The van der Waals surface area contributed by atoms with E-state index in [1.165, 1.54) is 33.3 Å². The molecule has 0 unspecified atom stereocenters. The van der Waals surface area contributed by atoms with Crippen LogP contribution in [0, 0.1) is 0 Å². The third-order valence-electron chi connectivity index (χ3n) is 3.91. The number of amides is 1. The molecule has 0 saturated carbocycles. The predicted molar refractivity (Wildman–Crippen MR) is 103 cm³/mol. The number of hydrogen-bond donors (Lipinski definition) is 1. The van der Waals surface area contributed by atoms with Crippen molar-refractivity contribution < 1.29 is 31.1 Å². The Bertz CT molecular complexity index is 1130. The van der Waals surface area contributed by atoms with Crippen molar-refractivity contribution >= 4 is 33.2 Å². The van der Waals surface area contributed by atoms with Crippen molar-refractivity contribution in [3.63, 3.8) is 0 Å². The molecule has 0 atom stereocenters. The molecule has 0 aliphatic heterocycles. The molecule has 164 valence electrons. The summed E-state index contributed by atoms with van der Waals surface area (Å²) in [7, 11) is 0.0975. The zero-order valence-corrected chi connectivity index (χ0v) is 17.5. The fourth-order valence-corrected chi connectivity index (χ4v) is 3.53. The average molecular weight is 468 g/mol. The number of alkyl halides is 3. The van der Waals surface area contributed by atoms with Crippen LogP contribution in [0.2, 0.25) is 5.02 Å². The summed E-state index contributed by atoms with van der Waals surface area (Å²) in [5, 5.41) is 1.64. The molecule has 30 heavy (non-hydrogen) atoms. The van der Waals surface area contributed by atoms with Crippen molar-refractivity contribution in [2.24, 2.45) is 0 Å². The number of ether oxygens (including phenoxy) is 1. The molecule has 0 aliphatic rings. The Kier molecular flexibility index (Phi) is 6.84. The molecule has 0 fully saturated rings. The third kappa shape index (κ3) is 5.12. The summed E-state index contributed by atoms with van der Waals surface area (Å²) >= 11 is 5.56. The first-order valence-electron chi connectivity index (χ1n) is 8.15. The number of sulfonamides is 1. The number of hydrogen-bond acceptors (Lipinski definition) is 5. The number of nitrogens with zero attached hydrogens (tertiary/aromatic N) is 2. The maximum Gasteiger partial charge on any atom is 0.417 e. The SMILES string of the molecule is COc1ccc(S(=O)(=O)N(C)C)cc1NC(=O)Cn1cc(C(F)(F)F)cc(Cl)c1=O. The first kappa shape index (κ1) is 23.7. The summed E-state index contributed by atoms with van der Waals surface area (Å²) in [6.45, 7) is -0.795. The molecule has 2 aromatic rings. The van der Waals surface area contributed by atoms with E-state index >= 15 is 0 Å². The molecular weight excluding hydrogens is 451 g/mol. The van der Waals surface area contributed by atoms with Gasteiger partial charge in [0, 0.05) is 20.3 Å². The highest BCUT2D eigenvalue weighted by Crippen LogP contribution is 2.30. The molecule has 8 nitrogen and oxygen atoms in total. The van der Waals surface area contributed by atoms with E-state index in [1.54, 1.807) is 0 Å². The number of rotatable bonds is 6. The fraction of sp³-hybridized carbons (Fsp3) is 0.294. The van der Waals surface area contributed by atoms with Crippen LogP contribution in [-0.2, 0) is 27.5 Å². The average Bonchev–Trinajstić information content (AvgIpc) is 2.64. The summed E-state index contributed by atoms with van der Waals surface area (Å²) in [5.41, 5.74) is -2.23. The summed E-state index contributed by atoms with van der Waals surface area (Å²) in [6.07, 6.45) is -4.30. The van der Waals surface area contributed by atoms with E-state index in [1.807, 2.05) is 0 Å². The number of anilines is 1. The molecule has 0 spiro atoms. The number of methoxy groups -OCH3 is 1. The lowest BCUT2D eigenvalue weighted by molar-refractivity contribution is -0.138. The Labute approximate surface area is 174 Å². The first-order valence-corrected chi connectivity index (χ1v) is 9.96. The Balaban J connectivity index is 2.37. The monoisotopic (exact) mass is 467 g/mol. The van der Waals surface area contributed by atoms with Crippen molar-refractivity contribution in [3.05, 3.63) is 51.4 Å². The second-order valence-corrected chi connectivity index (χ2v) is 8.76. The van der Waals surface area contributed by atoms with Gasteiger partial charge in [0.15, 0.2) is 0 Å². The molecule has 2 rings (SSSR count). The molecule has 1 aromatic heterocycles. The van der Waals surface area contributed by atoms with Gasteiger partial charge in [0.2, 0.25) is 15.9 Å². The minimum Gasteiger partial charge on any atom is -0.495 e. The summed E-state index contributed by atoms with van der Waals surface area (Å²) < 4.78 is 69.9. The number of pyridine rings is 1. The first-order chi connectivity index (χ1) is 13.8. The zero-order valence-electron chi connectivity index (χ0n) is 15.9. The highest BCUT2D eigenvalue weighted by molar-refractivity contribution is 7.89. The number of carbonyl (C=O) groups excluding carboxylic acids is 1. The Morgan fingerprint density at radius 3 is 2.43 bits per heavy atom. The number of halogens is 4. The van der Waals surface area contributed by atoms with Gasteiger partial charge in [0.05, 0.1) is 23.3 Å². The third-order valence-corrected chi connectivity index (χ3v) is 5.99. The quantitative estimate of drug-likeness (QED) is 0.703. The van der Waals surface area contributed by atoms with Gasteiger partial charge >= 0.3 is 6.18 Å². The van der Waals surface area contributed by atoms with Gasteiger partial charge in [-0.3, -0.25) is 9.59 Å². The molecule has 0 saturated heterocycles. The van der Waals surface area contributed by atoms with Gasteiger partial charge in [0.1, 0.15) is 17.3 Å². The number of carbonyl (C=O) groups is 1. The van der Waals surface area contributed by atoms with Gasteiger partial charge in [-0.2, -0.15) is 13.2 Å². The summed E-state index contributed by atoms with van der Waals surface area (Å²) in [6, 6.07) is 4.17. The Morgan fingerprint density at radius 1 is 1.27 bits per heavy atom. The second kappa shape index (κ2) is 8.66. The molecule has 1 amide bonds. The lowest BCUT2D eigenvalue weighted by Crippen LogP contribution is -2.29. The molecule has 1 aromatic carbocycles. The highest BCUT2D eigenvalue weighted by atomic mass is 35.5. The number of aromatic nitrogens is 1. The van der Waals surface area contributed by atoms with Crippen LogP contribution in [-0.4, -0.2) is 44.4 Å². The van der Waals surface area contributed by atoms with Gasteiger partial charge in [0.25, 0.3) is 5.56 Å². The van der Waals surface area contributed by atoms with Gasteiger partial charge in [-0.25, -0.2) is 12.7 Å². The molecule has 1 N–H and O–H groups in total.